The Hall–Kier alpha value is -3.03. The minimum Gasteiger partial charge on any atom is -0.490 e. The molecule has 4 rings (SSSR count). The van der Waals surface area contributed by atoms with E-state index in [9.17, 15) is 4.79 Å². The lowest BCUT2D eigenvalue weighted by atomic mass is 10.2. The number of benzene rings is 2. The number of thiocarbonyl (C=S) groups is 1. The average molecular weight is 451 g/mol. The third-order valence-electron chi connectivity index (χ3n) is 4.77. The van der Waals surface area contributed by atoms with Gasteiger partial charge in [-0.3, -0.25) is 9.47 Å². The number of hydrogen-bond acceptors (Lipinski definition) is 5. The molecule has 1 aliphatic heterocycles. The van der Waals surface area contributed by atoms with E-state index in [1.807, 2.05) is 91.3 Å². The van der Waals surface area contributed by atoms with Crippen LogP contribution in [0.15, 0.2) is 71.6 Å². The van der Waals surface area contributed by atoms with Crippen LogP contribution in [0.3, 0.4) is 0 Å². The highest BCUT2D eigenvalue weighted by Gasteiger charge is 2.34. The fourth-order valence-electron chi connectivity index (χ4n) is 3.31. The summed E-state index contributed by atoms with van der Waals surface area (Å²) < 4.78 is 14.0. The van der Waals surface area contributed by atoms with Crippen molar-refractivity contribution in [2.45, 2.75) is 13.8 Å². The molecule has 0 bridgehead atoms. The number of hydrogen-bond donors (Lipinski definition) is 0. The van der Waals surface area contributed by atoms with Crippen molar-refractivity contribution < 1.29 is 14.3 Å². The molecule has 31 heavy (non-hydrogen) atoms. The van der Waals surface area contributed by atoms with Crippen molar-refractivity contribution >= 4 is 40.3 Å². The van der Waals surface area contributed by atoms with Crippen molar-refractivity contribution in [2.75, 3.05) is 18.2 Å². The van der Waals surface area contributed by atoms with E-state index >= 15 is 0 Å². The highest BCUT2D eigenvalue weighted by molar-refractivity contribution is 8.27. The topological polar surface area (TPSA) is 43.7 Å². The highest BCUT2D eigenvalue weighted by Crippen LogP contribution is 2.34. The Balaban J connectivity index is 1.48. The van der Waals surface area contributed by atoms with E-state index in [1.54, 1.807) is 5.01 Å². The molecule has 1 aliphatic rings. The number of carbonyl (C=O) groups excluding carboxylic acids is 1. The molecule has 1 aromatic heterocycles. The molecule has 0 radical (unpaired) electrons. The van der Waals surface area contributed by atoms with Gasteiger partial charge in [0.05, 0.1) is 4.91 Å². The van der Waals surface area contributed by atoms with E-state index in [2.05, 4.69) is 0 Å². The Kier molecular flexibility index (Phi) is 6.44. The molecule has 0 unspecified atom stereocenters. The first-order valence-electron chi connectivity index (χ1n) is 9.87. The molecule has 1 saturated heterocycles. The molecule has 3 aromatic rings. The van der Waals surface area contributed by atoms with Crippen LogP contribution in [0.25, 0.3) is 6.08 Å². The van der Waals surface area contributed by atoms with Crippen molar-refractivity contribution in [1.82, 2.24) is 4.68 Å². The summed E-state index contributed by atoms with van der Waals surface area (Å²) in [6, 6.07) is 21.2. The van der Waals surface area contributed by atoms with Crippen LogP contribution in [0.4, 0.5) is 0 Å². The van der Waals surface area contributed by atoms with Gasteiger partial charge in [0.25, 0.3) is 5.91 Å². The second kappa shape index (κ2) is 9.41. The van der Waals surface area contributed by atoms with Gasteiger partial charge in [-0.05, 0) is 62.5 Å². The van der Waals surface area contributed by atoms with Crippen LogP contribution in [0, 0.1) is 13.8 Å². The summed E-state index contributed by atoms with van der Waals surface area (Å²) in [4.78, 5) is 13.7. The Morgan fingerprint density at radius 3 is 2.29 bits per heavy atom. The number of aromatic nitrogens is 1. The molecule has 158 valence electrons. The number of nitrogens with zero attached hydrogens (tertiary/aromatic N) is 2. The summed E-state index contributed by atoms with van der Waals surface area (Å²) in [6.45, 7) is 4.72. The molecule has 0 saturated carbocycles. The molecular formula is C24H22N2O3S2. The molecule has 2 aromatic carbocycles. The largest absolute Gasteiger partial charge is 0.490 e. The number of ether oxygens (including phenoxy) is 2. The molecule has 7 heteroatoms. The zero-order chi connectivity index (χ0) is 21.8. The average Bonchev–Trinajstić information content (AvgIpc) is 3.24. The standard InChI is InChI=1S/C24H22N2O3S2/c1-17-12-13-18(2)25(17)26-23(27)22(31-24(26)30)16-19-8-6-7-11-21(19)29-15-14-28-20-9-4-3-5-10-20/h3-13,16H,14-15H2,1-2H3/b22-16+. The van der Waals surface area contributed by atoms with Gasteiger partial charge in [0, 0.05) is 17.0 Å². The Morgan fingerprint density at radius 2 is 1.55 bits per heavy atom. The normalized spacial score (nSPS) is 15.0. The van der Waals surface area contributed by atoms with Crippen molar-refractivity contribution in [1.29, 1.82) is 0 Å². The van der Waals surface area contributed by atoms with Crippen molar-refractivity contribution in [2.24, 2.45) is 0 Å². The van der Waals surface area contributed by atoms with Crippen LogP contribution in [-0.4, -0.2) is 28.1 Å². The number of para-hydroxylation sites is 2. The molecule has 1 amide bonds. The molecule has 1 fully saturated rings. The van der Waals surface area contributed by atoms with Crippen LogP contribution in [-0.2, 0) is 4.79 Å². The number of aryl methyl sites for hydroxylation is 2. The smallest absolute Gasteiger partial charge is 0.285 e. The van der Waals surface area contributed by atoms with Gasteiger partial charge in [-0.2, -0.15) is 5.01 Å². The SMILES string of the molecule is Cc1ccc(C)n1N1C(=O)/C(=C\c2ccccc2OCCOc2ccccc2)SC1=S. The molecule has 0 N–H and O–H groups in total. The van der Waals surface area contributed by atoms with E-state index in [0.29, 0.717) is 28.2 Å². The zero-order valence-corrected chi connectivity index (χ0v) is 18.9. The summed E-state index contributed by atoms with van der Waals surface area (Å²) in [5.41, 5.74) is 2.73. The summed E-state index contributed by atoms with van der Waals surface area (Å²) in [7, 11) is 0. The molecule has 0 atom stereocenters. The van der Waals surface area contributed by atoms with E-state index < -0.39 is 0 Å². The van der Waals surface area contributed by atoms with Crippen LogP contribution in [0.2, 0.25) is 0 Å². The fraction of sp³-hybridized carbons (Fsp3) is 0.167. The van der Waals surface area contributed by atoms with E-state index in [1.165, 1.54) is 11.8 Å². The fourth-order valence-corrected chi connectivity index (χ4v) is 4.54. The van der Waals surface area contributed by atoms with E-state index in [-0.39, 0.29) is 5.91 Å². The molecule has 0 spiro atoms. The van der Waals surface area contributed by atoms with Gasteiger partial charge in [0.15, 0.2) is 4.32 Å². The van der Waals surface area contributed by atoms with Gasteiger partial charge in [-0.25, -0.2) is 0 Å². The lowest BCUT2D eigenvalue weighted by molar-refractivity contribution is -0.114. The van der Waals surface area contributed by atoms with Crippen molar-refractivity contribution in [3.63, 3.8) is 0 Å². The number of carbonyl (C=O) groups is 1. The summed E-state index contributed by atoms with van der Waals surface area (Å²) in [5, 5.41) is 1.55. The summed E-state index contributed by atoms with van der Waals surface area (Å²) >= 11 is 6.80. The Bertz CT molecular complexity index is 1120. The maximum Gasteiger partial charge on any atom is 0.285 e. The predicted octanol–water partition coefficient (Wildman–Crippen LogP) is 5.10. The lowest BCUT2D eigenvalue weighted by Gasteiger charge is -2.20. The minimum atomic E-state index is -0.139. The van der Waals surface area contributed by atoms with E-state index in [0.717, 1.165) is 22.7 Å². The van der Waals surface area contributed by atoms with Gasteiger partial charge in [-0.1, -0.05) is 48.2 Å². The second-order valence-electron chi connectivity index (χ2n) is 6.97. The van der Waals surface area contributed by atoms with Crippen molar-refractivity contribution in [3.8, 4) is 11.5 Å². The number of rotatable bonds is 7. The van der Waals surface area contributed by atoms with Crippen LogP contribution < -0.4 is 14.5 Å². The third-order valence-corrected chi connectivity index (χ3v) is 6.05. The third kappa shape index (κ3) is 4.68. The Morgan fingerprint density at radius 1 is 0.903 bits per heavy atom. The second-order valence-corrected chi connectivity index (χ2v) is 8.64. The van der Waals surface area contributed by atoms with Crippen LogP contribution in [0.5, 0.6) is 11.5 Å². The van der Waals surface area contributed by atoms with Crippen LogP contribution in [0.1, 0.15) is 17.0 Å². The van der Waals surface area contributed by atoms with Crippen molar-refractivity contribution in [3.05, 3.63) is 88.6 Å². The van der Waals surface area contributed by atoms with Crippen LogP contribution >= 0.6 is 24.0 Å². The first-order chi connectivity index (χ1) is 15.0. The van der Waals surface area contributed by atoms with Gasteiger partial charge >= 0.3 is 0 Å². The molecule has 0 aliphatic carbocycles. The summed E-state index contributed by atoms with van der Waals surface area (Å²) in [6.07, 6.45) is 1.83. The summed E-state index contributed by atoms with van der Waals surface area (Å²) in [5.74, 6) is 1.36. The maximum absolute atomic E-state index is 13.1. The molecular weight excluding hydrogens is 428 g/mol. The quantitative estimate of drug-likeness (QED) is 0.285. The molecule has 5 nitrogen and oxygen atoms in total. The van der Waals surface area contributed by atoms with Gasteiger partial charge < -0.3 is 9.47 Å². The lowest BCUT2D eigenvalue weighted by Crippen LogP contribution is -2.39. The maximum atomic E-state index is 13.1. The molecule has 2 heterocycles. The predicted molar refractivity (Wildman–Crippen MR) is 129 cm³/mol. The highest BCUT2D eigenvalue weighted by atomic mass is 32.2. The first kappa shape index (κ1) is 21.2. The number of amides is 1. The van der Waals surface area contributed by atoms with Gasteiger partial charge in [0.1, 0.15) is 24.7 Å². The van der Waals surface area contributed by atoms with Gasteiger partial charge in [0.2, 0.25) is 0 Å². The number of thioether (sulfide) groups is 1. The van der Waals surface area contributed by atoms with Gasteiger partial charge in [-0.15, -0.1) is 0 Å². The first-order valence-corrected chi connectivity index (χ1v) is 11.1. The minimum absolute atomic E-state index is 0.139. The Labute approximate surface area is 191 Å². The zero-order valence-electron chi connectivity index (χ0n) is 17.3. The van der Waals surface area contributed by atoms with E-state index in [4.69, 9.17) is 21.7 Å². The monoisotopic (exact) mass is 450 g/mol.